The Morgan fingerprint density at radius 1 is 1.38 bits per heavy atom. The smallest absolute Gasteiger partial charge is 0.131 e. The summed E-state index contributed by atoms with van der Waals surface area (Å²) in [4.78, 5) is 8.76. The molecule has 4 heteroatoms. The number of aliphatic hydroxyl groups excluding tert-OH is 1. The molecule has 0 atom stereocenters. The molecular weight excluding hydrogens is 184 g/mol. The highest BCUT2D eigenvalue weighted by atomic mass is 32.2. The van der Waals surface area contributed by atoms with E-state index in [2.05, 4.69) is 9.97 Å². The van der Waals surface area contributed by atoms with E-state index in [-0.39, 0.29) is 6.61 Å². The largest absolute Gasteiger partial charge is 0.396 e. The molecule has 2 heterocycles. The van der Waals surface area contributed by atoms with E-state index in [0.29, 0.717) is 6.42 Å². The fourth-order valence-electron chi connectivity index (χ4n) is 1.49. The minimum absolute atomic E-state index is 0.130. The summed E-state index contributed by atoms with van der Waals surface area (Å²) in [5.74, 6) is 2.82. The molecule has 13 heavy (non-hydrogen) atoms. The highest BCUT2D eigenvalue weighted by Crippen LogP contribution is 2.29. The third kappa shape index (κ3) is 1.69. The van der Waals surface area contributed by atoms with Crippen LogP contribution < -0.4 is 0 Å². The summed E-state index contributed by atoms with van der Waals surface area (Å²) >= 11 is 1.88. The fourth-order valence-corrected chi connectivity index (χ4v) is 2.60. The first-order valence-corrected chi connectivity index (χ1v) is 5.50. The van der Waals surface area contributed by atoms with Gasteiger partial charge in [0.15, 0.2) is 0 Å². The van der Waals surface area contributed by atoms with E-state index in [9.17, 15) is 0 Å². The molecule has 1 aliphatic heterocycles. The van der Waals surface area contributed by atoms with Gasteiger partial charge in [0.25, 0.3) is 0 Å². The van der Waals surface area contributed by atoms with Crippen LogP contribution in [-0.2, 0) is 17.9 Å². The Balaban J connectivity index is 2.37. The zero-order valence-electron chi connectivity index (χ0n) is 7.58. The van der Waals surface area contributed by atoms with Gasteiger partial charge in [-0.1, -0.05) is 0 Å². The van der Waals surface area contributed by atoms with Gasteiger partial charge in [-0.2, -0.15) is 11.8 Å². The van der Waals surface area contributed by atoms with Crippen LogP contribution in [0, 0.1) is 6.92 Å². The molecule has 0 saturated heterocycles. The molecule has 0 amide bonds. The van der Waals surface area contributed by atoms with Crippen LogP contribution >= 0.6 is 11.8 Å². The summed E-state index contributed by atoms with van der Waals surface area (Å²) in [6.07, 6.45) is 0.568. The number of aromatic nitrogens is 2. The van der Waals surface area contributed by atoms with Crippen LogP contribution in [0.2, 0.25) is 0 Å². The van der Waals surface area contributed by atoms with E-state index in [1.165, 1.54) is 11.3 Å². The van der Waals surface area contributed by atoms with E-state index < -0.39 is 0 Å². The van der Waals surface area contributed by atoms with Crippen LogP contribution in [0.3, 0.4) is 0 Å². The lowest BCUT2D eigenvalue weighted by molar-refractivity contribution is 0.296. The summed E-state index contributed by atoms with van der Waals surface area (Å²) < 4.78 is 0. The number of nitrogens with zero attached hydrogens (tertiary/aromatic N) is 2. The summed E-state index contributed by atoms with van der Waals surface area (Å²) in [7, 11) is 0. The molecule has 1 aliphatic rings. The molecule has 1 N–H and O–H groups in total. The highest BCUT2D eigenvalue weighted by Gasteiger charge is 2.16. The molecule has 0 bridgehead atoms. The van der Waals surface area contributed by atoms with Gasteiger partial charge in [0.1, 0.15) is 5.82 Å². The lowest BCUT2D eigenvalue weighted by Gasteiger charge is -2.04. The normalized spacial score (nSPS) is 14.6. The number of rotatable bonds is 2. The molecule has 0 fully saturated rings. The topological polar surface area (TPSA) is 46.0 Å². The van der Waals surface area contributed by atoms with Crippen molar-refractivity contribution in [2.24, 2.45) is 0 Å². The molecule has 0 unspecified atom stereocenters. The Morgan fingerprint density at radius 3 is 3.00 bits per heavy atom. The van der Waals surface area contributed by atoms with Crippen LogP contribution in [0.15, 0.2) is 0 Å². The average molecular weight is 196 g/mol. The van der Waals surface area contributed by atoms with E-state index >= 15 is 0 Å². The Hall–Kier alpha value is -0.610. The summed E-state index contributed by atoms with van der Waals surface area (Å²) in [5.41, 5.74) is 3.55. The maximum atomic E-state index is 8.77. The summed E-state index contributed by atoms with van der Waals surface area (Å²) in [6.45, 7) is 2.15. The Morgan fingerprint density at radius 2 is 2.23 bits per heavy atom. The van der Waals surface area contributed by atoms with Crippen molar-refractivity contribution in [3.8, 4) is 0 Å². The first-order valence-electron chi connectivity index (χ1n) is 4.35. The number of hydrogen-bond acceptors (Lipinski definition) is 4. The third-order valence-electron chi connectivity index (χ3n) is 2.17. The highest BCUT2D eigenvalue weighted by molar-refractivity contribution is 7.98. The van der Waals surface area contributed by atoms with Gasteiger partial charge in [-0.05, 0) is 6.92 Å². The predicted octanol–water partition coefficient (Wildman–Crippen LogP) is 1.07. The van der Waals surface area contributed by atoms with Gasteiger partial charge in [-0.3, -0.25) is 0 Å². The lowest BCUT2D eigenvalue weighted by Crippen LogP contribution is -2.04. The van der Waals surface area contributed by atoms with Crippen molar-refractivity contribution in [1.29, 1.82) is 0 Å². The molecule has 0 spiro atoms. The van der Waals surface area contributed by atoms with Crippen molar-refractivity contribution in [3.05, 3.63) is 22.8 Å². The minimum atomic E-state index is 0.130. The van der Waals surface area contributed by atoms with Gasteiger partial charge in [-0.15, -0.1) is 0 Å². The van der Waals surface area contributed by atoms with E-state index in [4.69, 9.17) is 5.11 Å². The molecule has 0 radical (unpaired) electrons. The van der Waals surface area contributed by atoms with E-state index in [1.54, 1.807) is 0 Å². The maximum absolute atomic E-state index is 8.77. The fraction of sp³-hybridized carbons (Fsp3) is 0.556. The Kier molecular flexibility index (Phi) is 2.51. The average Bonchev–Trinajstić information content (AvgIpc) is 2.53. The first kappa shape index (κ1) is 8.97. The number of aryl methyl sites for hydroxylation is 1. The van der Waals surface area contributed by atoms with Crippen LogP contribution in [-0.4, -0.2) is 21.7 Å². The molecule has 2 rings (SSSR count). The first-order chi connectivity index (χ1) is 6.31. The SMILES string of the molecule is Cc1nc(CCO)nc2c1CSC2. The van der Waals surface area contributed by atoms with Crippen LogP contribution in [0.25, 0.3) is 0 Å². The minimum Gasteiger partial charge on any atom is -0.396 e. The molecule has 1 aromatic heterocycles. The second-order valence-corrected chi connectivity index (χ2v) is 4.10. The number of thioether (sulfide) groups is 1. The Bertz CT molecular complexity index is 328. The molecule has 1 aromatic rings. The van der Waals surface area contributed by atoms with E-state index in [1.807, 2.05) is 18.7 Å². The Labute approximate surface area is 81.6 Å². The van der Waals surface area contributed by atoms with Crippen molar-refractivity contribution < 1.29 is 5.11 Å². The van der Waals surface area contributed by atoms with Crippen LogP contribution in [0.4, 0.5) is 0 Å². The summed E-state index contributed by atoms with van der Waals surface area (Å²) in [5, 5.41) is 8.77. The summed E-state index contributed by atoms with van der Waals surface area (Å²) in [6, 6.07) is 0. The molecule has 0 aromatic carbocycles. The molecular formula is C9H12N2OS. The number of hydrogen-bond donors (Lipinski definition) is 1. The quantitative estimate of drug-likeness (QED) is 0.768. The number of aliphatic hydroxyl groups is 1. The second-order valence-electron chi connectivity index (χ2n) is 3.12. The van der Waals surface area contributed by atoms with Crippen molar-refractivity contribution in [1.82, 2.24) is 9.97 Å². The molecule has 0 saturated carbocycles. The standard InChI is InChI=1S/C9H12N2OS/c1-6-7-4-13-5-8(7)11-9(10-6)2-3-12/h12H,2-5H2,1H3. The van der Waals surface area contributed by atoms with Crippen LogP contribution in [0.1, 0.15) is 22.8 Å². The van der Waals surface area contributed by atoms with Crippen molar-refractivity contribution in [2.75, 3.05) is 6.61 Å². The third-order valence-corrected chi connectivity index (χ3v) is 3.14. The van der Waals surface area contributed by atoms with Crippen molar-refractivity contribution in [2.45, 2.75) is 24.9 Å². The van der Waals surface area contributed by atoms with Gasteiger partial charge in [0, 0.05) is 29.2 Å². The molecule has 70 valence electrons. The molecule has 0 aliphatic carbocycles. The predicted molar refractivity (Wildman–Crippen MR) is 52.6 cm³/mol. The van der Waals surface area contributed by atoms with Gasteiger partial charge < -0.3 is 5.11 Å². The van der Waals surface area contributed by atoms with Gasteiger partial charge in [0.2, 0.25) is 0 Å². The second kappa shape index (κ2) is 3.64. The lowest BCUT2D eigenvalue weighted by atomic mass is 10.2. The van der Waals surface area contributed by atoms with Crippen LogP contribution in [0.5, 0.6) is 0 Å². The number of fused-ring (bicyclic) bond motifs is 1. The van der Waals surface area contributed by atoms with Crippen molar-refractivity contribution >= 4 is 11.8 Å². The van der Waals surface area contributed by atoms with Gasteiger partial charge in [-0.25, -0.2) is 9.97 Å². The van der Waals surface area contributed by atoms with Gasteiger partial charge in [0.05, 0.1) is 12.3 Å². The molecule has 3 nitrogen and oxygen atoms in total. The zero-order valence-corrected chi connectivity index (χ0v) is 8.39. The van der Waals surface area contributed by atoms with E-state index in [0.717, 1.165) is 23.0 Å². The zero-order chi connectivity index (χ0) is 9.26. The maximum Gasteiger partial charge on any atom is 0.131 e. The monoisotopic (exact) mass is 196 g/mol. The van der Waals surface area contributed by atoms with Gasteiger partial charge >= 0.3 is 0 Å². The van der Waals surface area contributed by atoms with Crippen molar-refractivity contribution in [3.63, 3.8) is 0 Å².